The average molecular weight is 484 g/mol. The van der Waals surface area contributed by atoms with Crippen LogP contribution in [0.4, 0.5) is 0 Å². The third-order valence-electron chi connectivity index (χ3n) is 7.34. The summed E-state index contributed by atoms with van der Waals surface area (Å²) in [6, 6.07) is 21.0. The Morgan fingerprint density at radius 1 is 0.714 bits per heavy atom. The van der Waals surface area contributed by atoms with Gasteiger partial charge in [0.15, 0.2) is 0 Å². The van der Waals surface area contributed by atoms with Crippen molar-refractivity contribution in [1.82, 2.24) is 4.98 Å². The van der Waals surface area contributed by atoms with Gasteiger partial charge in [-0.15, -0.1) is 0 Å². The minimum Gasteiger partial charge on any atom is -0.332 e. The Bertz CT molecular complexity index is 1260. The third kappa shape index (κ3) is 5.20. The molecule has 1 aliphatic rings. The molecule has 0 heterocycles. The van der Waals surface area contributed by atoms with Gasteiger partial charge >= 0.3 is 0 Å². The van der Waals surface area contributed by atoms with Crippen LogP contribution in [0.25, 0.3) is 22.4 Å². The maximum absolute atomic E-state index is 4.11. The molecule has 0 aliphatic heterocycles. The molecule has 186 valence electrons. The molecule has 0 amide bonds. The van der Waals surface area contributed by atoms with Crippen LogP contribution in [0.15, 0.2) is 54.6 Å². The first-order chi connectivity index (χ1) is 16.0. The summed E-state index contributed by atoms with van der Waals surface area (Å²) >= 11 is 0. The van der Waals surface area contributed by atoms with E-state index in [-0.39, 0.29) is 16.4 Å². The van der Waals surface area contributed by atoms with Crippen LogP contribution >= 0.6 is 0 Å². The zero-order chi connectivity index (χ0) is 26.0. The first-order valence-electron chi connectivity index (χ1n) is 13.2. The lowest BCUT2D eigenvalue weighted by Gasteiger charge is -2.40. The van der Waals surface area contributed by atoms with Crippen molar-refractivity contribution in [2.45, 2.75) is 97.3 Å². The molecule has 0 saturated heterocycles. The quantitative estimate of drug-likeness (QED) is 0.366. The Morgan fingerprint density at radius 3 is 1.83 bits per heavy atom. The van der Waals surface area contributed by atoms with E-state index in [1.54, 1.807) is 0 Å². The Balaban J connectivity index is 2.01. The summed E-state index contributed by atoms with van der Waals surface area (Å²) in [7, 11) is -1.93. The minimum atomic E-state index is -1.93. The fraction of sp³-hybridized carbons (Fsp3) is 0.455. The van der Waals surface area contributed by atoms with Gasteiger partial charge < -0.3 is 4.98 Å². The van der Waals surface area contributed by atoms with Crippen LogP contribution in [0.1, 0.15) is 95.7 Å². The van der Waals surface area contributed by atoms with Crippen molar-refractivity contribution in [2.24, 2.45) is 0 Å². The molecule has 0 bridgehead atoms. The average Bonchev–Trinajstić information content (AvgIpc) is 3.11. The van der Waals surface area contributed by atoms with E-state index in [1.807, 2.05) is 0 Å². The fourth-order valence-corrected chi connectivity index (χ4v) is 9.99. The monoisotopic (exact) mass is 483 g/mol. The van der Waals surface area contributed by atoms with E-state index in [1.165, 1.54) is 44.2 Å². The molecule has 0 radical (unpaired) electrons. The molecular formula is C33H45NSi. The predicted molar refractivity (Wildman–Crippen MR) is 159 cm³/mol. The van der Waals surface area contributed by atoms with Crippen molar-refractivity contribution in [1.29, 1.82) is 0 Å². The van der Waals surface area contributed by atoms with Crippen LogP contribution in [-0.2, 0) is 10.8 Å². The molecule has 1 atom stereocenters. The first-order valence-corrected chi connectivity index (χ1v) is 16.2. The van der Waals surface area contributed by atoms with Crippen LogP contribution in [0.2, 0.25) is 13.1 Å². The summed E-state index contributed by atoms with van der Waals surface area (Å²) in [5.74, 6) is 0. The van der Waals surface area contributed by atoms with Crippen molar-refractivity contribution in [2.75, 3.05) is 0 Å². The molecule has 1 nitrogen and oxygen atoms in total. The molecule has 35 heavy (non-hydrogen) atoms. The number of rotatable bonds is 3. The standard InChI is InChI=1S/C33H45NSi/c1-31(2,3)24-18-23(19-25(20-24)32(4,5)6)28-21-29-26-15-13-12-14-22(26)16-17-27(29)30(28)35(10,11)34-33(7,8)9/h12-21,30,34H,1-11H3. The van der Waals surface area contributed by atoms with Gasteiger partial charge in [-0.3, -0.25) is 0 Å². The van der Waals surface area contributed by atoms with Crippen molar-refractivity contribution in [3.05, 3.63) is 82.4 Å². The summed E-state index contributed by atoms with van der Waals surface area (Å²) in [6.45, 7) is 25.9. The van der Waals surface area contributed by atoms with Crippen LogP contribution in [0.5, 0.6) is 0 Å². The highest BCUT2D eigenvalue weighted by Gasteiger charge is 2.42. The summed E-state index contributed by atoms with van der Waals surface area (Å²) in [6.07, 6.45) is 2.52. The van der Waals surface area contributed by atoms with Crippen LogP contribution < -0.4 is 4.98 Å². The van der Waals surface area contributed by atoms with E-state index < -0.39 is 8.24 Å². The highest BCUT2D eigenvalue weighted by Crippen LogP contribution is 2.49. The van der Waals surface area contributed by atoms with E-state index in [0.29, 0.717) is 5.54 Å². The lowest BCUT2D eigenvalue weighted by Crippen LogP contribution is -2.58. The van der Waals surface area contributed by atoms with Crippen molar-refractivity contribution >= 4 is 30.7 Å². The van der Waals surface area contributed by atoms with E-state index in [9.17, 15) is 0 Å². The molecular weight excluding hydrogens is 438 g/mol. The lowest BCUT2D eigenvalue weighted by molar-refractivity contribution is 0.509. The van der Waals surface area contributed by atoms with Crippen LogP contribution in [-0.4, -0.2) is 13.8 Å². The van der Waals surface area contributed by atoms with E-state index >= 15 is 0 Å². The van der Waals surface area contributed by atoms with Crippen molar-refractivity contribution < 1.29 is 0 Å². The normalized spacial score (nSPS) is 17.0. The van der Waals surface area contributed by atoms with Crippen molar-refractivity contribution in [3.8, 4) is 0 Å². The maximum atomic E-state index is 4.11. The lowest BCUT2D eigenvalue weighted by atomic mass is 9.78. The molecule has 1 aliphatic carbocycles. The van der Waals surface area contributed by atoms with Gasteiger partial charge in [0.2, 0.25) is 0 Å². The Kier molecular flexibility index (Phi) is 6.26. The minimum absolute atomic E-state index is 0.0737. The van der Waals surface area contributed by atoms with Gasteiger partial charge in [0, 0.05) is 11.1 Å². The topological polar surface area (TPSA) is 12.0 Å². The predicted octanol–water partition coefficient (Wildman–Crippen LogP) is 9.21. The SMILES string of the molecule is CC(C)(C)N[Si](C)(C)C1C(c2cc(C(C)(C)C)cc(C(C)(C)C)c2)=Cc2c1ccc1ccccc21. The Labute approximate surface area is 215 Å². The van der Waals surface area contributed by atoms with Gasteiger partial charge in [0.05, 0.1) is 0 Å². The van der Waals surface area contributed by atoms with Crippen molar-refractivity contribution in [3.63, 3.8) is 0 Å². The zero-order valence-corrected chi connectivity index (χ0v) is 24.9. The molecule has 3 aromatic rings. The van der Waals surface area contributed by atoms with Gasteiger partial charge in [-0.2, -0.15) is 0 Å². The molecule has 0 spiro atoms. The second-order valence-electron chi connectivity index (χ2n) is 14.2. The Hall–Kier alpha value is -2.16. The van der Waals surface area contributed by atoms with E-state index in [2.05, 4.69) is 141 Å². The molecule has 4 rings (SSSR count). The van der Waals surface area contributed by atoms with Crippen LogP contribution in [0, 0.1) is 0 Å². The van der Waals surface area contributed by atoms with Gasteiger partial charge in [0.25, 0.3) is 0 Å². The molecule has 0 aromatic heterocycles. The third-order valence-corrected chi connectivity index (χ3v) is 10.8. The van der Waals surface area contributed by atoms with Gasteiger partial charge in [-0.05, 0) is 81.8 Å². The van der Waals surface area contributed by atoms with Gasteiger partial charge in [0.1, 0.15) is 8.24 Å². The molecule has 2 heteroatoms. The smallest absolute Gasteiger partial charge is 0.131 e. The number of benzene rings is 3. The molecule has 3 aromatic carbocycles. The molecule has 0 saturated carbocycles. The van der Waals surface area contributed by atoms with Crippen LogP contribution in [0.3, 0.4) is 0 Å². The first kappa shape index (κ1) is 25.9. The van der Waals surface area contributed by atoms with Gasteiger partial charge in [-0.25, -0.2) is 0 Å². The number of allylic oxidation sites excluding steroid dienone is 1. The fourth-order valence-electron chi connectivity index (χ4n) is 5.86. The molecule has 1 unspecified atom stereocenters. The number of hydrogen-bond acceptors (Lipinski definition) is 1. The second-order valence-corrected chi connectivity index (χ2v) is 18.5. The van der Waals surface area contributed by atoms with E-state index in [0.717, 1.165) is 0 Å². The summed E-state index contributed by atoms with van der Waals surface area (Å²) in [5, 5.41) is 2.69. The summed E-state index contributed by atoms with van der Waals surface area (Å²) in [5.41, 5.74) is 9.29. The maximum Gasteiger partial charge on any atom is 0.131 e. The second kappa shape index (κ2) is 8.46. The number of hydrogen-bond donors (Lipinski definition) is 1. The van der Waals surface area contributed by atoms with E-state index in [4.69, 9.17) is 0 Å². The molecule has 0 fully saturated rings. The molecule has 1 N–H and O–H groups in total. The summed E-state index contributed by atoms with van der Waals surface area (Å²) in [4.78, 5) is 4.11. The summed E-state index contributed by atoms with van der Waals surface area (Å²) < 4.78 is 0. The largest absolute Gasteiger partial charge is 0.332 e. The number of nitrogens with one attached hydrogen (secondary N) is 1. The zero-order valence-electron chi connectivity index (χ0n) is 23.9. The highest BCUT2D eigenvalue weighted by atomic mass is 28.3. The van der Waals surface area contributed by atoms with Gasteiger partial charge in [-0.1, -0.05) is 109 Å². The highest BCUT2D eigenvalue weighted by molar-refractivity contribution is 6.78. The number of fused-ring (bicyclic) bond motifs is 3. The Morgan fingerprint density at radius 2 is 1.29 bits per heavy atom.